The first-order valence-electron chi connectivity index (χ1n) is 5.80. The Hall–Kier alpha value is -2.29. The van der Waals surface area contributed by atoms with E-state index in [4.69, 9.17) is 0 Å². The second-order valence-corrected chi connectivity index (χ2v) is 5.79. The first-order chi connectivity index (χ1) is 10.2. The summed E-state index contributed by atoms with van der Waals surface area (Å²) in [5.74, 6) is -1.33. The molecular weight excluding hydrogens is 326 g/mol. The van der Waals surface area contributed by atoms with E-state index in [1.807, 2.05) is 4.72 Å². The van der Waals surface area contributed by atoms with Crippen LogP contribution in [0, 0.1) is 5.82 Å². The highest BCUT2D eigenvalue weighted by molar-refractivity contribution is 7.92. The molecule has 0 aliphatic rings. The standard InChI is InChI=1S/C13H9F4NO3S/c14-11-3-1-2-4-12(11)18-22(19,20)10-7-5-9(6-8-10)21-13(15,16)17/h1-8,18H. The van der Waals surface area contributed by atoms with Crippen LogP contribution < -0.4 is 9.46 Å². The molecule has 0 spiro atoms. The number of benzene rings is 2. The van der Waals surface area contributed by atoms with Crippen LogP contribution in [0.25, 0.3) is 0 Å². The number of rotatable bonds is 4. The summed E-state index contributed by atoms with van der Waals surface area (Å²) in [6.07, 6.45) is -4.87. The Labute approximate surface area is 123 Å². The molecule has 0 atom stereocenters. The molecule has 118 valence electrons. The van der Waals surface area contributed by atoms with E-state index < -0.39 is 28.0 Å². The smallest absolute Gasteiger partial charge is 0.406 e. The van der Waals surface area contributed by atoms with Crippen molar-refractivity contribution in [3.05, 3.63) is 54.3 Å². The summed E-state index contributed by atoms with van der Waals surface area (Å²) in [5.41, 5.74) is -0.266. The van der Waals surface area contributed by atoms with E-state index in [1.54, 1.807) is 0 Å². The van der Waals surface area contributed by atoms with E-state index in [9.17, 15) is 26.0 Å². The van der Waals surface area contributed by atoms with E-state index in [1.165, 1.54) is 18.2 Å². The molecule has 0 aromatic heterocycles. The molecule has 2 aromatic carbocycles. The summed E-state index contributed by atoms with van der Waals surface area (Å²) in [6, 6.07) is 8.64. The second-order valence-electron chi connectivity index (χ2n) is 4.10. The van der Waals surface area contributed by atoms with Crippen molar-refractivity contribution in [3.8, 4) is 5.75 Å². The van der Waals surface area contributed by atoms with Gasteiger partial charge in [-0.2, -0.15) is 0 Å². The molecule has 0 saturated heterocycles. The van der Waals surface area contributed by atoms with E-state index in [-0.39, 0.29) is 10.6 Å². The van der Waals surface area contributed by atoms with Gasteiger partial charge in [-0.1, -0.05) is 12.1 Å². The fraction of sp³-hybridized carbons (Fsp3) is 0.0769. The maximum absolute atomic E-state index is 13.4. The molecule has 1 N–H and O–H groups in total. The minimum Gasteiger partial charge on any atom is -0.406 e. The predicted octanol–water partition coefficient (Wildman–Crippen LogP) is 3.53. The summed E-state index contributed by atoms with van der Waals surface area (Å²) in [6.45, 7) is 0. The zero-order valence-electron chi connectivity index (χ0n) is 10.8. The van der Waals surface area contributed by atoms with E-state index in [0.29, 0.717) is 0 Å². The molecule has 0 radical (unpaired) electrons. The summed E-state index contributed by atoms with van der Waals surface area (Å²) >= 11 is 0. The maximum atomic E-state index is 13.4. The van der Waals surface area contributed by atoms with Crippen LogP contribution >= 0.6 is 0 Å². The molecule has 2 rings (SSSR count). The Kier molecular flexibility index (Phi) is 4.27. The van der Waals surface area contributed by atoms with Crippen LogP contribution in [0.2, 0.25) is 0 Å². The van der Waals surface area contributed by atoms with Crippen LogP contribution in [0.5, 0.6) is 5.75 Å². The van der Waals surface area contributed by atoms with Crippen LogP contribution in [0.4, 0.5) is 23.2 Å². The lowest BCUT2D eigenvalue weighted by Crippen LogP contribution is -2.17. The molecule has 9 heteroatoms. The van der Waals surface area contributed by atoms with Crippen molar-refractivity contribution in [3.63, 3.8) is 0 Å². The van der Waals surface area contributed by atoms with Crippen LogP contribution in [-0.4, -0.2) is 14.8 Å². The zero-order valence-corrected chi connectivity index (χ0v) is 11.6. The topological polar surface area (TPSA) is 55.4 Å². The highest BCUT2D eigenvalue weighted by Gasteiger charge is 2.31. The van der Waals surface area contributed by atoms with E-state index in [2.05, 4.69) is 4.74 Å². The molecule has 0 aliphatic heterocycles. The first kappa shape index (κ1) is 16.1. The molecule has 0 bridgehead atoms. The number of sulfonamides is 1. The van der Waals surface area contributed by atoms with Crippen molar-refractivity contribution < 1.29 is 30.7 Å². The molecule has 0 heterocycles. The Morgan fingerprint density at radius 2 is 1.55 bits per heavy atom. The number of para-hydroxylation sites is 1. The quantitative estimate of drug-likeness (QED) is 0.870. The van der Waals surface area contributed by atoms with Gasteiger partial charge < -0.3 is 4.74 Å². The van der Waals surface area contributed by atoms with Gasteiger partial charge in [-0.15, -0.1) is 13.2 Å². The predicted molar refractivity (Wildman–Crippen MR) is 70.3 cm³/mol. The van der Waals surface area contributed by atoms with Crippen molar-refractivity contribution in [2.45, 2.75) is 11.3 Å². The lowest BCUT2D eigenvalue weighted by atomic mass is 10.3. The third-order valence-corrected chi connectivity index (χ3v) is 3.87. The Morgan fingerprint density at radius 1 is 0.955 bits per heavy atom. The van der Waals surface area contributed by atoms with Crippen LogP contribution in [0.1, 0.15) is 0 Å². The minimum absolute atomic E-state index is 0.266. The SMILES string of the molecule is O=S(=O)(Nc1ccccc1F)c1ccc(OC(F)(F)F)cc1. The van der Waals surface area contributed by atoms with Gasteiger partial charge in [0.2, 0.25) is 0 Å². The van der Waals surface area contributed by atoms with Gasteiger partial charge in [0, 0.05) is 0 Å². The summed E-state index contributed by atoms with van der Waals surface area (Å²) < 4.78 is 79.1. The molecule has 0 saturated carbocycles. The monoisotopic (exact) mass is 335 g/mol. The number of halogens is 4. The average molecular weight is 335 g/mol. The van der Waals surface area contributed by atoms with Crippen LogP contribution in [0.3, 0.4) is 0 Å². The third-order valence-electron chi connectivity index (χ3n) is 2.49. The highest BCUT2D eigenvalue weighted by Crippen LogP contribution is 2.25. The Morgan fingerprint density at radius 3 is 2.09 bits per heavy atom. The maximum Gasteiger partial charge on any atom is 0.573 e. The highest BCUT2D eigenvalue weighted by atomic mass is 32.2. The Balaban J connectivity index is 2.22. The van der Waals surface area contributed by atoms with Crippen molar-refractivity contribution in [2.75, 3.05) is 4.72 Å². The number of alkyl halides is 3. The summed E-state index contributed by atoms with van der Waals surface area (Å²) in [7, 11) is -4.12. The van der Waals surface area contributed by atoms with E-state index >= 15 is 0 Å². The normalized spacial score (nSPS) is 12.0. The number of ether oxygens (including phenoxy) is 1. The van der Waals surface area contributed by atoms with Crippen molar-refractivity contribution in [1.82, 2.24) is 0 Å². The number of hydrogen-bond acceptors (Lipinski definition) is 3. The number of nitrogens with one attached hydrogen (secondary N) is 1. The summed E-state index contributed by atoms with van der Waals surface area (Å²) in [4.78, 5) is -0.328. The largest absolute Gasteiger partial charge is 0.573 e. The van der Waals surface area contributed by atoms with Gasteiger partial charge in [0.1, 0.15) is 11.6 Å². The molecule has 4 nitrogen and oxygen atoms in total. The van der Waals surface area contributed by atoms with Crippen molar-refractivity contribution >= 4 is 15.7 Å². The lowest BCUT2D eigenvalue weighted by molar-refractivity contribution is -0.274. The van der Waals surface area contributed by atoms with Gasteiger partial charge in [0.05, 0.1) is 10.6 Å². The zero-order chi connectivity index (χ0) is 16.4. The van der Waals surface area contributed by atoms with Crippen LogP contribution in [0.15, 0.2) is 53.4 Å². The molecule has 0 aliphatic carbocycles. The van der Waals surface area contributed by atoms with Crippen molar-refractivity contribution in [1.29, 1.82) is 0 Å². The van der Waals surface area contributed by atoms with Crippen LogP contribution in [-0.2, 0) is 10.0 Å². The number of anilines is 1. The molecular formula is C13H9F4NO3S. The molecule has 2 aromatic rings. The molecule has 22 heavy (non-hydrogen) atoms. The van der Waals surface area contributed by atoms with Gasteiger partial charge in [0.25, 0.3) is 10.0 Å². The van der Waals surface area contributed by atoms with Gasteiger partial charge >= 0.3 is 6.36 Å². The number of hydrogen-bond donors (Lipinski definition) is 1. The van der Waals surface area contributed by atoms with Gasteiger partial charge in [-0.25, -0.2) is 12.8 Å². The molecule has 0 fully saturated rings. The van der Waals surface area contributed by atoms with E-state index in [0.717, 1.165) is 30.3 Å². The van der Waals surface area contributed by atoms with Gasteiger partial charge in [0.15, 0.2) is 0 Å². The van der Waals surface area contributed by atoms with Crippen molar-refractivity contribution in [2.24, 2.45) is 0 Å². The lowest BCUT2D eigenvalue weighted by Gasteiger charge is -2.11. The summed E-state index contributed by atoms with van der Waals surface area (Å²) in [5, 5.41) is 0. The molecule has 0 unspecified atom stereocenters. The second kappa shape index (κ2) is 5.84. The van der Waals surface area contributed by atoms with Gasteiger partial charge in [-0.3, -0.25) is 4.72 Å². The first-order valence-corrected chi connectivity index (χ1v) is 7.29. The van der Waals surface area contributed by atoms with Gasteiger partial charge in [-0.05, 0) is 36.4 Å². The Bertz CT molecular complexity index is 758. The fourth-order valence-electron chi connectivity index (χ4n) is 1.57. The molecule has 0 amide bonds. The average Bonchev–Trinajstić information content (AvgIpc) is 2.40. The fourth-order valence-corrected chi connectivity index (χ4v) is 2.64. The minimum atomic E-state index is -4.87. The third kappa shape index (κ3) is 4.10.